The van der Waals surface area contributed by atoms with E-state index in [2.05, 4.69) is 27.2 Å². The molecule has 0 atom stereocenters. The average molecular weight is 326 g/mol. The molecule has 0 aliphatic heterocycles. The molecule has 0 unspecified atom stereocenters. The molecule has 1 rings (SSSR count). The summed E-state index contributed by atoms with van der Waals surface area (Å²) in [5, 5.41) is 9.14. The van der Waals surface area contributed by atoms with Crippen molar-refractivity contribution >= 4 is 23.6 Å². The highest BCUT2D eigenvalue weighted by molar-refractivity contribution is 7.98. The first-order valence-corrected chi connectivity index (χ1v) is 8.95. The molecule has 1 aromatic heterocycles. The molecule has 0 aromatic carbocycles. The van der Waals surface area contributed by atoms with Crippen molar-refractivity contribution in [2.45, 2.75) is 26.3 Å². The molecule has 1 amide bonds. The monoisotopic (exact) mass is 326 g/mol. The molecule has 0 fully saturated rings. The summed E-state index contributed by atoms with van der Waals surface area (Å²) in [6.07, 6.45) is 5.97. The average Bonchev–Trinajstić information content (AvgIpc) is 3.03. The smallest absolute Gasteiger partial charge is 0.242 e. The second-order valence-electron chi connectivity index (χ2n) is 4.68. The summed E-state index contributed by atoms with van der Waals surface area (Å²) in [6, 6.07) is 3.62. The fraction of sp³-hybridized carbons (Fsp3) is 0.600. The standard InChI is InChI=1S/C15H26N4O2S/c1-3-16-15(17-8-4-5-10-22-2)19-12-14(20)18-11-13-7-6-9-21-13/h6-7,9H,3-5,8,10-12H2,1-2H3,(H,18,20)(H2,16,17,19). The number of nitrogens with zero attached hydrogens (tertiary/aromatic N) is 1. The van der Waals surface area contributed by atoms with E-state index in [0.29, 0.717) is 12.5 Å². The minimum atomic E-state index is -0.129. The van der Waals surface area contributed by atoms with E-state index in [1.54, 1.807) is 12.3 Å². The SMILES string of the molecule is CCNC(=NCC(=O)NCc1ccco1)NCCCCSC. The van der Waals surface area contributed by atoms with Gasteiger partial charge in [0.2, 0.25) is 5.91 Å². The molecule has 0 bridgehead atoms. The van der Waals surface area contributed by atoms with E-state index in [0.717, 1.165) is 25.3 Å². The Morgan fingerprint density at radius 3 is 2.86 bits per heavy atom. The third-order valence-electron chi connectivity index (χ3n) is 2.83. The second kappa shape index (κ2) is 12.0. The van der Waals surface area contributed by atoms with Crippen LogP contribution in [0.5, 0.6) is 0 Å². The van der Waals surface area contributed by atoms with E-state index in [1.807, 2.05) is 24.8 Å². The van der Waals surface area contributed by atoms with Crippen molar-refractivity contribution in [3.05, 3.63) is 24.2 Å². The van der Waals surface area contributed by atoms with Gasteiger partial charge in [-0.15, -0.1) is 0 Å². The number of guanidine groups is 1. The highest BCUT2D eigenvalue weighted by atomic mass is 32.2. The topological polar surface area (TPSA) is 78.7 Å². The van der Waals surface area contributed by atoms with Gasteiger partial charge in [0.15, 0.2) is 5.96 Å². The maximum Gasteiger partial charge on any atom is 0.242 e. The number of amides is 1. The normalized spacial score (nSPS) is 11.3. The van der Waals surface area contributed by atoms with E-state index in [1.165, 1.54) is 12.2 Å². The van der Waals surface area contributed by atoms with E-state index < -0.39 is 0 Å². The van der Waals surface area contributed by atoms with Gasteiger partial charge in [0, 0.05) is 13.1 Å². The fourth-order valence-corrected chi connectivity index (χ4v) is 2.22. The number of nitrogens with one attached hydrogen (secondary N) is 3. The first-order chi connectivity index (χ1) is 10.8. The van der Waals surface area contributed by atoms with Gasteiger partial charge in [-0.2, -0.15) is 11.8 Å². The Kier molecular flexibility index (Phi) is 10.0. The quantitative estimate of drug-likeness (QED) is 0.346. The molecular formula is C15H26N4O2S. The number of carbonyl (C=O) groups excluding carboxylic acids is 1. The Morgan fingerprint density at radius 2 is 2.18 bits per heavy atom. The van der Waals surface area contributed by atoms with Crippen LogP contribution < -0.4 is 16.0 Å². The predicted octanol–water partition coefficient (Wildman–Crippen LogP) is 1.59. The van der Waals surface area contributed by atoms with Crippen LogP contribution >= 0.6 is 11.8 Å². The second-order valence-corrected chi connectivity index (χ2v) is 5.66. The Balaban J connectivity index is 2.26. The lowest BCUT2D eigenvalue weighted by Crippen LogP contribution is -2.39. The van der Waals surface area contributed by atoms with Crippen LogP contribution in [-0.4, -0.2) is 43.5 Å². The molecule has 0 aliphatic carbocycles. The van der Waals surface area contributed by atoms with Crippen molar-refractivity contribution in [2.75, 3.05) is 31.6 Å². The van der Waals surface area contributed by atoms with Crippen molar-refractivity contribution in [1.29, 1.82) is 0 Å². The Hall–Kier alpha value is -1.63. The van der Waals surface area contributed by atoms with Gasteiger partial charge in [0.25, 0.3) is 0 Å². The maximum absolute atomic E-state index is 11.7. The van der Waals surface area contributed by atoms with E-state index in [-0.39, 0.29) is 12.5 Å². The predicted molar refractivity (Wildman–Crippen MR) is 92.2 cm³/mol. The summed E-state index contributed by atoms with van der Waals surface area (Å²) in [6.45, 7) is 4.12. The molecule has 0 spiro atoms. The molecule has 124 valence electrons. The van der Waals surface area contributed by atoms with Gasteiger partial charge in [-0.1, -0.05) is 0 Å². The van der Waals surface area contributed by atoms with Crippen LogP contribution in [0.4, 0.5) is 0 Å². The number of unbranched alkanes of at least 4 members (excludes halogenated alkanes) is 1. The van der Waals surface area contributed by atoms with Crippen LogP contribution in [0.2, 0.25) is 0 Å². The molecule has 0 aliphatic rings. The van der Waals surface area contributed by atoms with Gasteiger partial charge >= 0.3 is 0 Å². The highest BCUT2D eigenvalue weighted by Gasteiger charge is 2.03. The van der Waals surface area contributed by atoms with Gasteiger partial charge in [-0.05, 0) is 43.9 Å². The minimum absolute atomic E-state index is 0.0981. The first-order valence-electron chi connectivity index (χ1n) is 7.56. The van der Waals surface area contributed by atoms with Crippen LogP contribution in [0.3, 0.4) is 0 Å². The van der Waals surface area contributed by atoms with Crippen LogP contribution in [0.25, 0.3) is 0 Å². The highest BCUT2D eigenvalue weighted by Crippen LogP contribution is 1.98. The largest absolute Gasteiger partial charge is 0.467 e. The first kappa shape index (κ1) is 18.4. The molecule has 3 N–H and O–H groups in total. The van der Waals surface area contributed by atoms with Crippen LogP contribution in [-0.2, 0) is 11.3 Å². The molecule has 22 heavy (non-hydrogen) atoms. The molecule has 1 aromatic rings. The number of rotatable bonds is 10. The molecule has 0 saturated heterocycles. The number of thioether (sulfide) groups is 1. The van der Waals surface area contributed by atoms with Gasteiger partial charge in [0.1, 0.15) is 12.3 Å². The summed E-state index contributed by atoms with van der Waals surface area (Å²) in [5.74, 6) is 2.46. The van der Waals surface area contributed by atoms with Gasteiger partial charge in [-0.3, -0.25) is 4.79 Å². The van der Waals surface area contributed by atoms with Gasteiger partial charge < -0.3 is 20.4 Å². The summed E-state index contributed by atoms with van der Waals surface area (Å²) < 4.78 is 5.16. The van der Waals surface area contributed by atoms with Crippen LogP contribution in [0, 0.1) is 0 Å². The molecule has 0 saturated carbocycles. The Labute approximate surface area is 136 Å². The zero-order chi connectivity index (χ0) is 16.0. The molecule has 6 nitrogen and oxygen atoms in total. The molecule has 7 heteroatoms. The molecular weight excluding hydrogens is 300 g/mol. The van der Waals surface area contributed by atoms with Crippen molar-refractivity contribution in [2.24, 2.45) is 4.99 Å². The number of hydrogen-bond acceptors (Lipinski definition) is 4. The molecule has 0 radical (unpaired) electrons. The van der Waals surface area contributed by atoms with E-state index in [9.17, 15) is 4.79 Å². The zero-order valence-corrected chi connectivity index (χ0v) is 14.2. The summed E-state index contributed by atoms with van der Waals surface area (Å²) in [4.78, 5) is 16.0. The number of furan rings is 1. The Bertz CT molecular complexity index is 435. The van der Waals surface area contributed by atoms with Crippen molar-refractivity contribution in [1.82, 2.24) is 16.0 Å². The Morgan fingerprint density at radius 1 is 1.32 bits per heavy atom. The van der Waals surface area contributed by atoms with Crippen molar-refractivity contribution in [3.8, 4) is 0 Å². The lowest BCUT2D eigenvalue weighted by Gasteiger charge is -2.11. The van der Waals surface area contributed by atoms with Gasteiger partial charge in [0.05, 0.1) is 12.8 Å². The molecule has 1 heterocycles. The zero-order valence-electron chi connectivity index (χ0n) is 13.4. The van der Waals surface area contributed by atoms with Crippen LogP contribution in [0.1, 0.15) is 25.5 Å². The summed E-state index contributed by atoms with van der Waals surface area (Å²) in [7, 11) is 0. The lowest BCUT2D eigenvalue weighted by molar-refractivity contribution is -0.119. The number of carbonyl (C=O) groups is 1. The number of hydrogen-bond donors (Lipinski definition) is 3. The maximum atomic E-state index is 11.7. The fourth-order valence-electron chi connectivity index (χ4n) is 1.73. The van der Waals surface area contributed by atoms with E-state index >= 15 is 0 Å². The van der Waals surface area contributed by atoms with Crippen molar-refractivity contribution in [3.63, 3.8) is 0 Å². The summed E-state index contributed by atoms with van der Waals surface area (Å²) >= 11 is 1.85. The third-order valence-corrected chi connectivity index (χ3v) is 3.53. The third kappa shape index (κ3) is 8.61. The number of aliphatic imine (C=N–C) groups is 1. The minimum Gasteiger partial charge on any atom is -0.467 e. The van der Waals surface area contributed by atoms with Crippen LogP contribution in [0.15, 0.2) is 27.8 Å². The summed E-state index contributed by atoms with van der Waals surface area (Å²) in [5.41, 5.74) is 0. The lowest BCUT2D eigenvalue weighted by atomic mass is 10.3. The van der Waals surface area contributed by atoms with E-state index in [4.69, 9.17) is 4.42 Å². The van der Waals surface area contributed by atoms with Crippen molar-refractivity contribution < 1.29 is 9.21 Å². The van der Waals surface area contributed by atoms with Gasteiger partial charge in [-0.25, -0.2) is 4.99 Å².